The van der Waals surface area contributed by atoms with E-state index >= 15 is 0 Å². The van der Waals surface area contributed by atoms with Crippen LogP contribution in [0.4, 0.5) is 0 Å². The van der Waals surface area contributed by atoms with E-state index in [0.717, 1.165) is 22.0 Å². The lowest BCUT2D eigenvalue weighted by Gasteiger charge is -2.36. The maximum atomic E-state index is 13.2. The topological polar surface area (TPSA) is 77.6 Å². The summed E-state index contributed by atoms with van der Waals surface area (Å²) in [5.41, 5.74) is 3.18. The molecule has 1 N–H and O–H groups in total. The number of aromatic amines is 1. The van der Waals surface area contributed by atoms with Gasteiger partial charge in [0.05, 0.1) is 19.0 Å². The van der Waals surface area contributed by atoms with Crippen molar-refractivity contribution in [3.8, 4) is 5.75 Å². The van der Waals surface area contributed by atoms with Crippen molar-refractivity contribution in [1.29, 1.82) is 0 Å². The molecule has 10 heteroatoms. The molecule has 5 rings (SSSR count). The van der Waals surface area contributed by atoms with Crippen LogP contribution >= 0.6 is 55.1 Å². The standard InChI is InChI=1S/C28H21Br2Cl2NO5/c1-28(2)37-26(34)24(27(35)38-28)23(17-12-33-22-6-4-3-5-16(17)22)15-10-18(29)25(19(30)11-15)36-13-14-7-8-20(31)21(32)9-14/h3-12,23-24,33H,13H2,1-2H3/t23-/m0/s1. The van der Waals surface area contributed by atoms with Crippen LogP contribution in [0.1, 0.15) is 36.5 Å². The van der Waals surface area contributed by atoms with Crippen molar-refractivity contribution in [2.24, 2.45) is 5.92 Å². The molecule has 1 saturated heterocycles. The van der Waals surface area contributed by atoms with Gasteiger partial charge >= 0.3 is 11.9 Å². The van der Waals surface area contributed by atoms with Crippen LogP contribution in [0, 0.1) is 5.92 Å². The molecule has 38 heavy (non-hydrogen) atoms. The number of fused-ring (bicyclic) bond motifs is 1. The van der Waals surface area contributed by atoms with Gasteiger partial charge in [-0.25, -0.2) is 0 Å². The van der Waals surface area contributed by atoms with Crippen molar-refractivity contribution in [3.63, 3.8) is 0 Å². The highest BCUT2D eigenvalue weighted by Gasteiger charge is 2.48. The first-order valence-corrected chi connectivity index (χ1v) is 14.0. The van der Waals surface area contributed by atoms with Crippen LogP contribution in [0.2, 0.25) is 10.0 Å². The van der Waals surface area contributed by atoms with E-state index in [-0.39, 0.29) is 6.61 Å². The first kappa shape index (κ1) is 27.1. The zero-order valence-electron chi connectivity index (χ0n) is 20.2. The number of H-pyrrole nitrogens is 1. The summed E-state index contributed by atoms with van der Waals surface area (Å²) in [7, 11) is 0. The quantitative estimate of drug-likeness (QED) is 0.164. The fourth-order valence-electron chi connectivity index (χ4n) is 4.59. The summed E-state index contributed by atoms with van der Waals surface area (Å²) in [6.45, 7) is 3.31. The molecule has 0 radical (unpaired) electrons. The molecule has 0 amide bonds. The van der Waals surface area contributed by atoms with Gasteiger partial charge in [-0.05, 0) is 78.9 Å². The minimum absolute atomic E-state index is 0.246. The van der Waals surface area contributed by atoms with Crippen LogP contribution in [0.3, 0.4) is 0 Å². The summed E-state index contributed by atoms with van der Waals surface area (Å²) in [5.74, 6) is -3.98. The highest BCUT2D eigenvalue weighted by Crippen LogP contribution is 2.45. The van der Waals surface area contributed by atoms with E-state index in [9.17, 15) is 9.59 Å². The van der Waals surface area contributed by atoms with Crippen molar-refractivity contribution in [1.82, 2.24) is 4.98 Å². The number of hydrogen-bond donors (Lipinski definition) is 1. The van der Waals surface area contributed by atoms with E-state index in [4.69, 9.17) is 37.4 Å². The molecule has 0 aliphatic carbocycles. The number of carbonyl (C=O) groups is 2. The molecule has 1 aromatic heterocycles. The molecule has 1 fully saturated rings. The minimum atomic E-state index is -1.33. The second-order valence-corrected chi connectivity index (χ2v) is 11.9. The van der Waals surface area contributed by atoms with E-state index in [0.29, 0.717) is 30.3 Å². The maximum absolute atomic E-state index is 13.2. The summed E-state index contributed by atoms with van der Waals surface area (Å²) in [6, 6.07) is 16.7. The van der Waals surface area contributed by atoms with Crippen LogP contribution < -0.4 is 4.74 Å². The number of para-hydroxylation sites is 1. The second-order valence-electron chi connectivity index (χ2n) is 9.34. The summed E-state index contributed by atoms with van der Waals surface area (Å²) >= 11 is 19.4. The number of esters is 2. The normalized spacial score (nSPS) is 16.3. The third-order valence-corrected chi connectivity index (χ3v) is 8.15. The van der Waals surface area contributed by atoms with Crippen molar-refractivity contribution < 1.29 is 23.8 Å². The molecule has 1 aliphatic heterocycles. The van der Waals surface area contributed by atoms with Gasteiger partial charge in [-0.3, -0.25) is 9.59 Å². The van der Waals surface area contributed by atoms with Crippen molar-refractivity contribution in [2.75, 3.05) is 0 Å². The van der Waals surface area contributed by atoms with Gasteiger partial charge in [0.2, 0.25) is 0 Å². The number of benzene rings is 3. The molecule has 0 bridgehead atoms. The maximum Gasteiger partial charge on any atom is 0.324 e. The third kappa shape index (κ3) is 5.32. The van der Waals surface area contributed by atoms with Gasteiger partial charge in [0.1, 0.15) is 12.4 Å². The predicted octanol–water partition coefficient (Wildman–Crippen LogP) is 8.16. The number of nitrogens with one attached hydrogen (secondary N) is 1. The predicted molar refractivity (Wildman–Crippen MR) is 153 cm³/mol. The van der Waals surface area contributed by atoms with Gasteiger partial charge in [0, 0.05) is 36.9 Å². The Morgan fingerprint density at radius 1 is 0.974 bits per heavy atom. The highest BCUT2D eigenvalue weighted by molar-refractivity contribution is 9.11. The molecule has 2 heterocycles. The van der Waals surface area contributed by atoms with Crippen LogP contribution in [-0.4, -0.2) is 22.7 Å². The molecule has 3 aromatic carbocycles. The van der Waals surface area contributed by atoms with E-state index in [1.54, 1.807) is 12.1 Å². The van der Waals surface area contributed by atoms with Crippen LogP contribution in [-0.2, 0) is 25.7 Å². The number of ether oxygens (including phenoxy) is 3. The second kappa shape index (κ2) is 10.6. The van der Waals surface area contributed by atoms with Gasteiger partial charge in [-0.1, -0.05) is 47.5 Å². The summed E-state index contributed by atoms with van der Waals surface area (Å²) in [6.07, 6.45) is 1.81. The first-order valence-electron chi connectivity index (χ1n) is 11.6. The lowest BCUT2D eigenvalue weighted by molar-refractivity contribution is -0.240. The molecule has 0 unspecified atom stereocenters. The summed E-state index contributed by atoms with van der Waals surface area (Å²) < 4.78 is 18.3. The number of rotatable bonds is 6. The zero-order chi connectivity index (χ0) is 27.2. The lowest BCUT2D eigenvalue weighted by atomic mass is 9.80. The SMILES string of the molecule is CC1(C)OC(=O)C([C@@H](c2cc(Br)c(OCc3ccc(Cl)c(Cl)c3)c(Br)c2)c2c[nH]c3ccccc23)C(=O)O1. The summed E-state index contributed by atoms with van der Waals surface area (Å²) in [4.78, 5) is 29.7. The minimum Gasteiger partial charge on any atom is -0.487 e. The number of aromatic nitrogens is 1. The van der Waals surface area contributed by atoms with Gasteiger partial charge in [-0.15, -0.1) is 0 Å². The van der Waals surface area contributed by atoms with Gasteiger partial charge < -0.3 is 19.2 Å². The average molecular weight is 682 g/mol. The molecule has 4 aromatic rings. The average Bonchev–Trinajstić information content (AvgIpc) is 3.26. The number of halogens is 4. The smallest absolute Gasteiger partial charge is 0.324 e. The fourth-order valence-corrected chi connectivity index (χ4v) is 6.36. The summed E-state index contributed by atoms with van der Waals surface area (Å²) in [5, 5.41) is 1.79. The third-order valence-electron chi connectivity index (χ3n) is 6.24. The van der Waals surface area contributed by atoms with E-state index in [1.165, 1.54) is 13.8 Å². The molecule has 1 aliphatic rings. The van der Waals surface area contributed by atoms with Crippen molar-refractivity contribution >= 4 is 77.9 Å². The Labute approximate surface area is 245 Å². The van der Waals surface area contributed by atoms with Crippen molar-refractivity contribution in [2.45, 2.75) is 32.2 Å². The molecule has 6 nitrogen and oxygen atoms in total. The number of cyclic esters (lactones) is 2. The number of carbonyl (C=O) groups excluding carboxylic acids is 2. The van der Waals surface area contributed by atoms with Gasteiger partial charge in [-0.2, -0.15) is 0 Å². The molecular weight excluding hydrogens is 661 g/mol. The zero-order valence-corrected chi connectivity index (χ0v) is 24.9. The van der Waals surface area contributed by atoms with E-state index < -0.39 is 29.6 Å². The Bertz CT molecular complexity index is 1530. The van der Waals surface area contributed by atoms with Crippen molar-refractivity contribution in [3.05, 3.63) is 96.5 Å². The molecule has 0 saturated carbocycles. The molecule has 1 atom stereocenters. The van der Waals surface area contributed by atoms with E-state index in [2.05, 4.69) is 36.8 Å². The first-order chi connectivity index (χ1) is 18.0. The Hall–Kier alpha value is -2.52. The van der Waals surface area contributed by atoms with Gasteiger partial charge in [0.25, 0.3) is 5.79 Å². The lowest BCUT2D eigenvalue weighted by Crippen LogP contribution is -2.48. The molecule has 0 spiro atoms. The Morgan fingerprint density at radius 3 is 2.29 bits per heavy atom. The number of hydrogen-bond acceptors (Lipinski definition) is 5. The fraction of sp³-hybridized carbons (Fsp3) is 0.214. The Balaban J connectivity index is 1.55. The monoisotopic (exact) mass is 679 g/mol. The molecular formula is C28H21Br2Cl2NO5. The van der Waals surface area contributed by atoms with Crippen LogP contribution in [0.15, 0.2) is 69.7 Å². The molecule has 196 valence electrons. The Morgan fingerprint density at radius 2 is 1.63 bits per heavy atom. The van der Waals surface area contributed by atoms with Crippen LogP contribution in [0.5, 0.6) is 5.75 Å². The van der Waals surface area contributed by atoms with Gasteiger partial charge in [0.15, 0.2) is 5.92 Å². The van der Waals surface area contributed by atoms with E-state index in [1.807, 2.05) is 48.7 Å². The Kier molecular flexibility index (Phi) is 7.52. The van der Waals surface area contributed by atoms with Crippen LogP contribution in [0.25, 0.3) is 10.9 Å². The highest BCUT2D eigenvalue weighted by atomic mass is 79.9. The largest absolute Gasteiger partial charge is 0.487 e.